The van der Waals surface area contributed by atoms with Crippen LogP contribution >= 0.6 is 0 Å². The lowest BCUT2D eigenvalue weighted by Crippen LogP contribution is -2.36. The van der Waals surface area contributed by atoms with E-state index in [-0.39, 0.29) is 13.2 Å². The average Bonchev–Trinajstić information content (AvgIpc) is 3.40. The Kier molecular flexibility index (Phi) is 9.38. The Balaban J connectivity index is 1.82. The van der Waals surface area contributed by atoms with Crippen molar-refractivity contribution in [3.63, 3.8) is 0 Å². The summed E-state index contributed by atoms with van der Waals surface area (Å²) < 4.78 is 11.5. The second-order valence-corrected chi connectivity index (χ2v) is 8.56. The van der Waals surface area contributed by atoms with Gasteiger partial charge in [-0.2, -0.15) is 4.98 Å². The molecule has 0 aliphatic heterocycles. The van der Waals surface area contributed by atoms with Crippen molar-refractivity contribution in [3.8, 4) is 28.6 Å². The Hall–Kier alpha value is -3.50. The molecular weight excluding hydrogens is 462 g/mol. The van der Waals surface area contributed by atoms with Gasteiger partial charge in [-0.15, -0.1) is 0 Å². The third-order valence-electron chi connectivity index (χ3n) is 5.85. The lowest BCUT2D eigenvalue weighted by Gasteiger charge is -2.17. The number of nitrogens with zero attached hydrogens (tertiary/aromatic N) is 4. The van der Waals surface area contributed by atoms with E-state index in [0.29, 0.717) is 23.9 Å². The molecule has 3 aromatic rings. The van der Waals surface area contributed by atoms with Gasteiger partial charge in [0.25, 0.3) is 5.89 Å². The van der Waals surface area contributed by atoms with E-state index in [1.807, 2.05) is 45.2 Å². The summed E-state index contributed by atoms with van der Waals surface area (Å²) in [6, 6.07) is 7.80. The fraction of sp³-hybridized carbons (Fsp3) is 0.462. The molecule has 1 amide bonds. The van der Waals surface area contributed by atoms with Crippen LogP contribution in [0.25, 0.3) is 22.8 Å². The minimum absolute atomic E-state index is 0.00159. The van der Waals surface area contributed by atoms with Crippen LogP contribution in [0.3, 0.4) is 0 Å². The Bertz CT molecular complexity index is 1180. The summed E-state index contributed by atoms with van der Waals surface area (Å²) in [5.74, 6) is 1.88. The van der Waals surface area contributed by atoms with Crippen LogP contribution in [-0.4, -0.2) is 70.7 Å². The Labute approximate surface area is 211 Å². The number of rotatable bonds is 12. The summed E-state index contributed by atoms with van der Waals surface area (Å²) in [5, 5.41) is 25.5. The second-order valence-electron chi connectivity index (χ2n) is 8.56. The maximum Gasteiger partial charge on any atom is 0.258 e. The van der Waals surface area contributed by atoms with Gasteiger partial charge in [-0.1, -0.05) is 19.0 Å². The predicted molar refractivity (Wildman–Crippen MR) is 137 cm³/mol. The minimum atomic E-state index is -0.908. The normalized spacial score (nSPS) is 11.9. The van der Waals surface area contributed by atoms with E-state index < -0.39 is 18.6 Å². The van der Waals surface area contributed by atoms with Gasteiger partial charge >= 0.3 is 0 Å². The molecule has 2 heterocycles. The molecule has 10 heteroatoms. The van der Waals surface area contributed by atoms with Crippen molar-refractivity contribution in [3.05, 3.63) is 41.1 Å². The molecule has 3 N–H and O–H groups in total. The highest BCUT2D eigenvalue weighted by molar-refractivity contribution is 5.76. The molecule has 0 aliphatic carbocycles. The number of hydrogen-bond acceptors (Lipinski definition) is 9. The number of aliphatic hydroxyl groups is 2. The number of nitrogens with one attached hydrogen (secondary N) is 1. The van der Waals surface area contributed by atoms with Crippen molar-refractivity contribution in [2.45, 2.75) is 46.6 Å². The van der Waals surface area contributed by atoms with Crippen LogP contribution in [0, 0.1) is 6.92 Å². The standard InChI is InChI=1S/C26H35N5O5/c1-6-17-10-18(9-16(4)24(17)35-15-21(33)13-27-23(34)14-32)25-29-26(36-30-25)19-11-20(7-2)28-22(12-19)31(5)8-3/h9-12,21,32-33H,6-8,13-15H2,1-5H3,(H,27,34)/t21-/m1/s1. The molecule has 0 radical (unpaired) electrons. The summed E-state index contributed by atoms with van der Waals surface area (Å²) >= 11 is 0. The number of anilines is 1. The van der Waals surface area contributed by atoms with Gasteiger partial charge in [0.1, 0.15) is 30.9 Å². The first kappa shape index (κ1) is 27.1. The molecule has 0 saturated heterocycles. The quantitative estimate of drug-likeness (QED) is 0.345. The van der Waals surface area contributed by atoms with Crippen molar-refractivity contribution < 1.29 is 24.3 Å². The molecule has 194 valence electrons. The zero-order valence-electron chi connectivity index (χ0n) is 21.5. The molecular formula is C26H35N5O5. The molecule has 1 atom stereocenters. The lowest BCUT2D eigenvalue weighted by atomic mass is 10.0. The van der Waals surface area contributed by atoms with E-state index >= 15 is 0 Å². The number of ether oxygens (including phenoxy) is 1. The minimum Gasteiger partial charge on any atom is -0.490 e. The fourth-order valence-electron chi connectivity index (χ4n) is 3.66. The summed E-state index contributed by atoms with van der Waals surface area (Å²) in [6.07, 6.45) is 0.583. The average molecular weight is 498 g/mol. The largest absolute Gasteiger partial charge is 0.490 e. The van der Waals surface area contributed by atoms with Crippen LogP contribution in [-0.2, 0) is 17.6 Å². The van der Waals surface area contributed by atoms with Crippen LogP contribution < -0.4 is 15.0 Å². The number of hydrogen-bond donors (Lipinski definition) is 3. The zero-order valence-corrected chi connectivity index (χ0v) is 21.5. The van der Waals surface area contributed by atoms with E-state index in [2.05, 4.69) is 39.2 Å². The molecule has 0 unspecified atom stereocenters. The zero-order chi connectivity index (χ0) is 26.2. The van der Waals surface area contributed by atoms with Gasteiger partial charge in [0.2, 0.25) is 11.7 Å². The highest BCUT2D eigenvalue weighted by Crippen LogP contribution is 2.32. The van der Waals surface area contributed by atoms with Crippen LogP contribution in [0.2, 0.25) is 0 Å². The molecule has 0 bridgehead atoms. The number of aromatic nitrogens is 3. The lowest BCUT2D eigenvalue weighted by molar-refractivity contribution is -0.124. The van der Waals surface area contributed by atoms with Gasteiger partial charge in [-0.05, 0) is 62.1 Å². The highest BCUT2D eigenvalue weighted by Gasteiger charge is 2.17. The first-order chi connectivity index (χ1) is 17.3. The number of carbonyl (C=O) groups excluding carboxylic acids is 1. The first-order valence-electron chi connectivity index (χ1n) is 12.2. The molecule has 2 aromatic heterocycles. The van der Waals surface area contributed by atoms with E-state index in [4.69, 9.17) is 14.4 Å². The van der Waals surface area contributed by atoms with Gasteiger partial charge in [-0.25, -0.2) is 4.98 Å². The monoisotopic (exact) mass is 497 g/mol. The smallest absolute Gasteiger partial charge is 0.258 e. The molecule has 0 saturated carbocycles. The topological polar surface area (TPSA) is 134 Å². The van der Waals surface area contributed by atoms with Crippen molar-refractivity contribution >= 4 is 11.7 Å². The van der Waals surface area contributed by atoms with E-state index in [0.717, 1.165) is 46.7 Å². The van der Waals surface area contributed by atoms with E-state index in [1.54, 1.807) is 0 Å². The van der Waals surface area contributed by atoms with E-state index in [9.17, 15) is 9.90 Å². The summed E-state index contributed by atoms with van der Waals surface area (Å²) in [6.45, 7) is 8.27. The van der Waals surface area contributed by atoms with Gasteiger partial charge in [-0.3, -0.25) is 4.79 Å². The van der Waals surface area contributed by atoms with Crippen LogP contribution in [0.15, 0.2) is 28.8 Å². The Morgan fingerprint density at radius 2 is 1.92 bits per heavy atom. The molecule has 0 spiro atoms. The van der Waals surface area contributed by atoms with Crippen LogP contribution in [0.5, 0.6) is 5.75 Å². The number of aliphatic hydroxyl groups excluding tert-OH is 2. The third kappa shape index (κ3) is 6.58. The molecule has 1 aromatic carbocycles. The maximum atomic E-state index is 11.2. The van der Waals surface area contributed by atoms with Crippen LogP contribution in [0.4, 0.5) is 5.82 Å². The molecule has 10 nitrogen and oxygen atoms in total. The van der Waals surface area contributed by atoms with Gasteiger partial charge in [0.15, 0.2) is 0 Å². The highest BCUT2D eigenvalue weighted by atomic mass is 16.5. The number of aryl methyl sites for hydroxylation is 3. The number of amides is 1. The van der Waals surface area contributed by atoms with Crippen LogP contribution in [0.1, 0.15) is 37.6 Å². The van der Waals surface area contributed by atoms with Gasteiger partial charge < -0.3 is 29.7 Å². The molecule has 0 aliphatic rings. The van der Waals surface area contributed by atoms with Crippen molar-refractivity contribution in [1.29, 1.82) is 0 Å². The number of benzene rings is 1. The Morgan fingerprint density at radius 3 is 2.58 bits per heavy atom. The molecule has 3 rings (SSSR count). The van der Waals surface area contributed by atoms with Gasteiger partial charge in [0.05, 0.1) is 0 Å². The van der Waals surface area contributed by atoms with E-state index in [1.165, 1.54) is 0 Å². The summed E-state index contributed by atoms with van der Waals surface area (Å²) in [4.78, 5) is 22.6. The SMILES string of the molecule is CCc1cc(-c2nc(-c3cc(C)c(OC[C@H](O)CNC(=O)CO)c(CC)c3)no2)cc(N(C)CC)n1. The molecule has 36 heavy (non-hydrogen) atoms. The maximum absolute atomic E-state index is 11.2. The number of pyridine rings is 1. The summed E-state index contributed by atoms with van der Waals surface area (Å²) in [7, 11) is 1.99. The first-order valence-corrected chi connectivity index (χ1v) is 12.2. The van der Waals surface area contributed by atoms with Crippen molar-refractivity contribution in [1.82, 2.24) is 20.4 Å². The van der Waals surface area contributed by atoms with Crippen molar-refractivity contribution in [2.75, 3.05) is 38.3 Å². The van der Waals surface area contributed by atoms with Gasteiger partial charge in [0, 0.05) is 37.0 Å². The molecule has 0 fully saturated rings. The van der Waals surface area contributed by atoms with Crippen molar-refractivity contribution in [2.24, 2.45) is 0 Å². The predicted octanol–water partition coefficient (Wildman–Crippen LogP) is 2.54. The third-order valence-corrected chi connectivity index (χ3v) is 5.85. The second kappa shape index (κ2) is 12.5. The summed E-state index contributed by atoms with van der Waals surface area (Å²) in [5.41, 5.74) is 4.38. The Morgan fingerprint density at radius 1 is 1.14 bits per heavy atom. The number of carbonyl (C=O) groups is 1. The fourth-order valence-corrected chi connectivity index (χ4v) is 3.66.